The molecule has 0 saturated carbocycles. The Morgan fingerprint density at radius 2 is 1.87 bits per heavy atom. The number of aliphatic hydroxyl groups is 1. The van der Waals surface area contributed by atoms with Crippen LogP contribution in [-0.2, 0) is 13.0 Å². The zero-order chi connectivity index (χ0) is 17.0. The van der Waals surface area contributed by atoms with Crippen LogP contribution in [-0.4, -0.2) is 14.7 Å². The Morgan fingerprint density at radius 3 is 2.48 bits per heavy atom. The Labute approximate surface area is 140 Å². The van der Waals surface area contributed by atoms with Gasteiger partial charge >= 0.3 is 0 Å². The monoisotopic (exact) mass is 314 g/mol. The molecule has 1 heterocycles. The maximum Gasteiger partial charge on any atom is 0.112 e. The van der Waals surface area contributed by atoms with Crippen LogP contribution in [0.2, 0.25) is 0 Å². The summed E-state index contributed by atoms with van der Waals surface area (Å²) >= 11 is 0. The number of fused-ring (bicyclic) bond motifs is 1. The van der Waals surface area contributed by atoms with Gasteiger partial charge < -0.3 is 9.67 Å². The first-order valence-electron chi connectivity index (χ1n) is 8.89. The molecule has 2 aromatic rings. The lowest BCUT2D eigenvalue weighted by Gasteiger charge is -2.21. The summed E-state index contributed by atoms with van der Waals surface area (Å²) in [5.74, 6) is 1.47. The topological polar surface area (TPSA) is 38.0 Å². The van der Waals surface area contributed by atoms with Crippen LogP contribution in [0.25, 0.3) is 0 Å². The second kappa shape index (κ2) is 7.78. The van der Waals surface area contributed by atoms with Gasteiger partial charge in [0, 0.05) is 12.5 Å². The van der Waals surface area contributed by atoms with E-state index in [1.807, 2.05) is 13.8 Å². The molecule has 1 N–H and O–H groups in total. The highest BCUT2D eigenvalue weighted by molar-refractivity contribution is 5.27. The number of nitrogens with zero attached hydrogens (tertiary/aromatic N) is 2. The molecule has 3 nitrogen and oxygen atoms in total. The van der Waals surface area contributed by atoms with Gasteiger partial charge in [-0.2, -0.15) is 0 Å². The van der Waals surface area contributed by atoms with Gasteiger partial charge in [-0.3, -0.25) is 0 Å². The summed E-state index contributed by atoms with van der Waals surface area (Å²) in [6.07, 6.45) is 2.52. The lowest BCUT2D eigenvalue weighted by Crippen LogP contribution is -2.16. The summed E-state index contributed by atoms with van der Waals surface area (Å²) in [6.45, 7) is 11.2. The molecular weight excluding hydrogens is 284 g/mol. The maximum absolute atomic E-state index is 10.4. The Hall–Kier alpha value is -1.61. The van der Waals surface area contributed by atoms with Gasteiger partial charge in [-0.05, 0) is 31.7 Å². The molecule has 126 valence electrons. The van der Waals surface area contributed by atoms with Crippen molar-refractivity contribution in [2.75, 3.05) is 0 Å². The van der Waals surface area contributed by atoms with Crippen LogP contribution in [0.4, 0.5) is 0 Å². The third-order valence-electron chi connectivity index (χ3n) is 4.30. The van der Waals surface area contributed by atoms with Crippen LogP contribution in [0.15, 0.2) is 24.3 Å². The fourth-order valence-corrected chi connectivity index (χ4v) is 3.17. The molecule has 1 aliphatic carbocycles. The molecule has 3 rings (SSSR count). The number of aryl methyl sites for hydroxylation is 2. The number of rotatable bonds is 3. The van der Waals surface area contributed by atoms with E-state index >= 15 is 0 Å². The quantitative estimate of drug-likeness (QED) is 0.887. The molecule has 1 aromatic heterocycles. The van der Waals surface area contributed by atoms with E-state index in [0.29, 0.717) is 5.92 Å². The van der Waals surface area contributed by atoms with E-state index in [1.54, 1.807) is 0 Å². The first kappa shape index (κ1) is 17.7. The largest absolute Gasteiger partial charge is 0.387 e. The summed E-state index contributed by atoms with van der Waals surface area (Å²) in [4.78, 5) is 4.82. The third kappa shape index (κ3) is 3.84. The summed E-state index contributed by atoms with van der Waals surface area (Å²) in [6, 6.07) is 8.62. The van der Waals surface area contributed by atoms with E-state index < -0.39 is 0 Å². The number of imidazole rings is 1. The molecule has 1 aromatic carbocycles. The van der Waals surface area contributed by atoms with Crippen LogP contribution in [0, 0.1) is 6.92 Å². The highest BCUT2D eigenvalue weighted by Gasteiger charge is 2.27. The van der Waals surface area contributed by atoms with Crippen molar-refractivity contribution in [2.24, 2.45) is 0 Å². The highest BCUT2D eigenvalue weighted by Crippen LogP contribution is 2.32. The summed E-state index contributed by atoms with van der Waals surface area (Å²) < 4.78 is 2.24. The number of aliphatic hydroxyl groups excluding tert-OH is 1. The van der Waals surface area contributed by atoms with Crippen molar-refractivity contribution in [1.82, 2.24) is 9.55 Å². The van der Waals surface area contributed by atoms with Crippen LogP contribution in [0.1, 0.15) is 80.9 Å². The minimum Gasteiger partial charge on any atom is -0.387 e. The molecule has 0 bridgehead atoms. The highest BCUT2D eigenvalue weighted by atomic mass is 16.3. The predicted molar refractivity (Wildman–Crippen MR) is 95.8 cm³/mol. The fourth-order valence-electron chi connectivity index (χ4n) is 3.17. The lowest BCUT2D eigenvalue weighted by atomic mass is 9.98. The molecule has 1 unspecified atom stereocenters. The van der Waals surface area contributed by atoms with Crippen LogP contribution in [0.5, 0.6) is 0 Å². The van der Waals surface area contributed by atoms with Crippen molar-refractivity contribution in [3.05, 3.63) is 52.6 Å². The Kier molecular flexibility index (Phi) is 6.00. The van der Waals surface area contributed by atoms with E-state index in [2.05, 4.69) is 49.6 Å². The Bertz CT molecular complexity index is 626. The van der Waals surface area contributed by atoms with Gasteiger partial charge in [-0.1, -0.05) is 57.5 Å². The first-order chi connectivity index (χ1) is 11.1. The van der Waals surface area contributed by atoms with Crippen molar-refractivity contribution >= 4 is 0 Å². The fraction of sp³-hybridized carbons (Fsp3) is 0.550. The van der Waals surface area contributed by atoms with Gasteiger partial charge in [0.05, 0.1) is 17.5 Å². The van der Waals surface area contributed by atoms with E-state index in [4.69, 9.17) is 4.98 Å². The van der Waals surface area contributed by atoms with Gasteiger partial charge in [0.2, 0.25) is 0 Å². The molecule has 0 fully saturated rings. The molecule has 1 aliphatic rings. The van der Waals surface area contributed by atoms with Crippen molar-refractivity contribution in [2.45, 2.75) is 72.4 Å². The van der Waals surface area contributed by atoms with Gasteiger partial charge in [0.1, 0.15) is 5.82 Å². The van der Waals surface area contributed by atoms with Gasteiger partial charge in [-0.15, -0.1) is 0 Å². The zero-order valence-corrected chi connectivity index (χ0v) is 15.1. The predicted octanol–water partition coefficient (Wildman–Crippen LogP) is 4.76. The van der Waals surface area contributed by atoms with Gasteiger partial charge in [-0.25, -0.2) is 4.98 Å². The standard InChI is InChI=1S/C18H24N2O.C2H6/c1-12(2)18-19-15-5-4-6-16(21)17(15)20(18)11-14-9-7-13(3)8-10-14;1-2/h7-10,12,16,21H,4-6,11H2,1-3H3;1-2H3. The molecule has 3 heteroatoms. The minimum absolute atomic E-state index is 0.362. The molecule has 0 amide bonds. The maximum atomic E-state index is 10.4. The van der Waals surface area contributed by atoms with Crippen LogP contribution in [0.3, 0.4) is 0 Å². The molecule has 1 atom stereocenters. The number of hydrogen-bond acceptors (Lipinski definition) is 2. The number of aromatic nitrogens is 2. The van der Waals surface area contributed by atoms with Crippen molar-refractivity contribution in [1.29, 1.82) is 0 Å². The smallest absolute Gasteiger partial charge is 0.112 e. The Balaban J connectivity index is 0.000000924. The molecule has 0 saturated heterocycles. The van der Waals surface area contributed by atoms with Crippen molar-refractivity contribution < 1.29 is 5.11 Å². The second-order valence-electron chi connectivity index (χ2n) is 6.44. The van der Waals surface area contributed by atoms with Crippen molar-refractivity contribution in [3.63, 3.8) is 0 Å². The molecule has 0 aliphatic heterocycles. The Morgan fingerprint density at radius 1 is 1.22 bits per heavy atom. The molecule has 0 spiro atoms. The van der Waals surface area contributed by atoms with E-state index in [0.717, 1.165) is 43.0 Å². The van der Waals surface area contributed by atoms with E-state index in [9.17, 15) is 5.11 Å². The van der Waals surface area contributed by atoms with Gasteiger partial charge in [0.25, 0.3) is 0 Å². The average molecular weight is 314 g/mol. The van der Waals surface area contributed by atoms with Crippen LogP contribution < -0.4 is 0 Å². The first-order valence-corrected chi connectivity index (χ1v) is 8.89. The molecule has 23 heavy (non-hydrogen) atoms. The normalized spacial score (nSPS) is 16.7. The number of benzene rings is 1. The average Bonchev–Trinajstić information content (AvgIpc) is 2.92. The molecule has 0 radical (unpaired) electrons. The van der Waals surface area contributed by atoms with Gasteiger partial charge in [0.15, 0.2) is 0 Å². The van der Waals surface area contributed by atoms with Crippen LogP contribution >= 0.6 is 0 Å². The lowest BCUT2D eigenvalue weighted by molar-refractivity contribution is 0.147. The zero-order valence-electron chi connectivity index (χ0n) is 15.1. The second-order valence-corrected chi connectivity index (χ2v) is 6.44. The summed E-state index contributed by atoms with van der Waals surface area (Å²) in [7, 11) is 0. The summed E-state index contributed by atoms with van der Waals surface area (Å²) in [5, 5.41) is 10.4. The molecular formula is C20H30N2O. The number of hydrogen-bond donors (Lipinski definition) is 1. The van der Waals surface area contributed by atoms with Crippen molar-refractivity contribution in [3.8, 4) is 0 Å². The van der Waals surface area contributed by atoms with E-state index in [1.165, 1.54) is 11.1 Å². The van der Waals surface area contributed by atoms with E-state index in [-0.39, 0.29) is 6.10 Å². The SMILES string of the molecule is CC.Cc1ccc(Cn2c(C(C)C)nc3c2C(O)CCC3)cc1. The third-order valence-corrected chi connectivity index (χ3v) is 4.30. The minimum atomic E-state index is -0.362. The summed E-state index contributed by atoms with van der Waals surface area (Å²) in [5.41, 5.74) is 4.69.